The molecule has 4 rings (SSSR count). The van der Waals surface area contributed by atoms with Crippen molar-refractivity contribution in [3.8, 4) is 10.8 Å². The van der Waals surface area contributed by atoms with E-state index in [4.69, 9.17) is 0 Å². The molecular weight excluding hydrogens is 424 g/mol. The van der Waals surface area contributed by atoms with Crippen LogP contribution in [-0.4, -0.2) is 20.9 Å². The van der Waals surface area contributed by atoms with E-state index in [1.807, 2.05) is 19.1 Å². The zero-order valence-electron chi connectivity index (χ0n) is 14.9. The molecule has 138 valence electrons. The van der Waals surface area contributed by atoms with Crippen LogP contribution in [0.2, 0.25) is 0 Å². The first-order chi connectivity index (χ1) is 13.1. The monoisotopic (exact) mass is 442 g/mol. The van der Waals surface area contributed by atoms with Crippen molar-refractivity contribution < 1.29 is 4.79 Å². The Balaban J connectivity index is 1.58. The lowest BCUT2D eigenvalue weighted by atomic mass is 9.77. The Bertz CT molecular complexity index is 938. The minimum absolute atomic E-state index is 0.0253. The summed E-state index contributed by atoms with van der Waals surface area (Å²) in [5, 5.41) is 3.92. The molecule has 1 aromatic carbocycles. The van der Waals surface area contributed by atoms with Crippen LogP contribution in [-0.2, 0) is 0 Å². The number of hydrogen-bond acceptors (Lipinski definition) is 5. The van der Waals surface area contributed by atoms with Crippen LogP contribution in [0.25, 0.3) is 10.8 Å². The highest BCUT2D eigenvalue weighted by molar-refractivity contribution is 9.10. The lowest BCUT2D eigenvalue weighted by Gasteiger charge is -2.34. The third-order valence-electron chi connectivity index (χ3n) is 4.90. The standard InChI is InChI=1S/C20H19BrN4OS/c1-12-17(27-20(24-12)18-22-10-3-11-23-18)19(26)25-16(13-4-2-5-13)14-6-8-15(21)9-7-14/h3,6-11,13,16H,2,4-5H2,1H3,(H,25,26). The molecule has 2 heterocycles. The first kappa shape index (κ1) is 18.3. The van der Waals surface area contributed by atoms with Gasteiger partial charge in [0.05, 0.1) is 11.7 Å². The third-order valence-corrected chi connectivity index (χ3v) is 6.58. The molecule has 0 aliphatic heterocycles. The molecule has 1 fully saturated rings. The van der Waals surface area contributed by atoms with Gasteiger partial charge in [-0.15, -0.1) is 11.3 Å². The second kappa shape index (κ2) is 7.86. The first-order valence-electron chi connectivity index (χ1n) is 8.93. The molecule has 0 spiro atoms. The van der Waals surface area contributed by atoms with Crippen LogP contribution in [0.1, 0.15) is 46.2 Å². The highest BCUT2D eigenvalue weighted by atomic mass is 79.9. The molecule has 7 heteroatoms. The topological polar surface area (TPSA) is 67.8 Å². The fraction of sp³-hybridized carbons (Fsp3) is 0.300. The van der Waals surface area contributed by atoms with Gasteiger partial charge < -0.3 is 5.32 Å². The number of nitrogens with one attached hydrogen (secondary N) is 1. The quantitative estimate of drug-likeness (QED) is 0.607. The lowest BCUT2D eigenvalue weighted by Crippen LogP contribution is -2.36. The smallest absolute Gasteiger partial charge is 0.263 e. The van der Waals surface area contributed by atoms with Crippen LogP contribution >= 0.6 is 27.3 Å². The number of benzene rings is 1. The summed E-state index contributed by atoms with van der Waals surface area (Å²) in [5.41, 5.74) is 1.85. The molecule has 3 aromatic rings. The fourth-order valence-corrected chi connectivity index (χ4v) is 4.42. The maximum Gasteiger partial charge on any atom is 0.263 e. The van der Waals surface area contributed by atoms with E-state index in [-0.39, 0.29) is 11.9 Å². The van der Waals surface area contributed by atoms with Crippen LogP contribution in [0.4, 0.5) is 0 Å². The van der Waals surface area contributed by atoms with Gasteiger partial charge in [-0.1, -0.05) is 34.5 Å². The van der Waals surface area contributed by atoms with E-state index in [1.165, 1.54) is 17.8 Å². The minimum Gasteiger partial charge on any atom is -0.344 e. The van der Waals surface area contributed by atoms with E-state index in [2.05, 4.69) is 48.3 Å². The second-order valence-corrected chi connectivity index (χ2v) is 8.61. The summed E-state index contributed by atoms with van der Waals surface area (Å²) in [6.07, 6.45) is 6.87. The predicted molar refractivity (Wildman–Crippen MR) is 110 cm³/mol. The Morgan fingerprint density at radius 1 is 1.22 bits per heavy atom. The largest absolute Gasteiger partial charge is 0.344 e. The van der Waals surface area contributed by atoms with Crippen LogP contribution in [0.15, 0.2) is 47.2 Å². The molecule has 0 bridgehead atoms. The minimum atomic E-state index is -0.0769. The Morgan fingerprint density at radius 2 is 1.93 bits per heavy atom. The van der Waals surface area contributed by atoms with E-state index in [0.29, 0.717) is 27.3 Å². The zero-order valence-corrected chi connectivity index (χ0v) is 17.3. The Labute approximate surface area is 170 Å². The maximum absolute atomic E-state index is 13.0. The van der Waals surface area contributed by atoms with Crippen molar-refractivity contribution in [1.29, 1.82) is 0 Å². The number of carbonyl (C=O) groups is 1. The van der Waals surface area contributed by atoms with Gasteiger partial charge in [-0.2, -0.15) is 0 Å². The summed E-state index contributed by atoms with van der Waals surface area (Å²) in [6.45, 7) is 1.86. The molecule has 2 aromatic heterocycles. The SMILES string of the molecule is Cc1nc(-c2ncccn2)sc1C(=O)NC(c1ccc(Br)cc1)C1CCC1. The van der Waals surface area contributed by atoms with Crippen molar-refractivity contribution >= 4 is 33.2 Å². The number of nitrogens with zero attached hydrogens (tertiary/aromatic N) is 3. The normalized spacial score (nSPS) is 15.2. The van der Waals surface area contributed by atoms with Gasteiger partial charge in [0.15, 0.2) is 10.8 Å². The van der Waals surface area contributed by atoms with E-state index in [0.717, 1.165) is 22.9 Å². The molecule has 5 nitrogen and oxygen atoms in total. The number of aryl methyl sites for hydroxylation is 1. The van der Waals surface area contributed by atoms with E-state index in [1.54, 1.807) is 18.5 Å². The van der Waals surface area contributed by atoms with Crippen molar-refractivity contribution in [3.05, 3.63) is 63.3 Å². The van der Waals surface area contributed by atoms with Crippen molar-refractivity contribution in [3.63, 3.8) is 0 Å². The summed E-state index contributed by atoms with van der Waals surface area (Å²) in [4.78, 5) is 26.6. The fourth-order valence-electron chi connectivity index (χ4n) is 3.24. The first-order valence-corrected chi connectivity index (χ1v) is 10.5. The molecule has 27 heavy (non-hydrogen) atoms. The van der Waals surface area contributed by atoms with Gasteiger partial charge in [0.1, 0.15) is 4.88 Å². The Morgan fingerprint density at radius 3 is 2.56 bits per heavy atom. The average molecular weight is 443 g/mol. The van der Waals surface area contributed by atoms with Crippen LogP contribution in [0, 0.1) is 12.8 Å². The number of halogens is 1. The van der Waals surface area contributed by atoms with Gasteiger partial charge in [-0.3, -0.25) is 4.79 Å². The molecule has 1 amide bonds. The highest BCUT2D eigenvalue weighted by Crippen LogP contribution is 2.38. The Hall–Kier alpha value is -2.12. The van der Waals surface area contributed by atoms with Gasteiger partial charge in [-0.25, -0.2) is 15.0 Å². The van der Waals surface area contributed by atoms with Crippen LogP contribution < -0.4 is 5.32 Å². The van der Waals surface area contributed by atoms with Gasteiger partial charge >= 0.3 is 0 Å². The number of thiazole rings is 1. The molecule has 1 N–H and O–H groups in total. The number of amides is 1. The van der Waals surface area contributed by atoms with Gasteiger partial charge in [-0.05, 0) is 49.4 Å². The molecule has 1 atom stereocenters. The summed E-state index contributed by atoms with van der Waals surface area (Å²) in [5.74, 6) is 0.959. The Kier molecular flexibility index (Phi) is 5.31. The van der Waals surface area contributed by atoms with Gasteiger partial charge in [0.2, 0.25) is 0 Å². The van der Waals surface area contributed by atoms with Crippen LogP contribution in [0.3, 0.4) is 0 Å². The molecule has 0 saturated heterocycles. The lowest BCUT2D eigenvalue weighted by molar-refractivity contribution is 0.0904. The summed E-state index contributed by atoms with van der Waals surface area (Å²) >= 11 is 4.82. The summed E-state index contributed by atoms with van der Waals surface area (Å²) < 4.78 is 1.04. The number of aromatic nitrogens is 3. The van der Waals surface area contributed by atoms with E-state index >= 15 is 0 Å². The van der Waals surface area contributed by atoms with Crippen molar-refractivity contribution in [1.82, 2.24) is 20.3 Å². The van der Waals surface area contributed by atoms with Gasteiger partial charge in [0.25, 0.3) is 5.91 Å². The van der Waals surface area contributed by atoms with Crippen molar-refractivity contribution in [2.75, 3.05) is 0 Å². The predicted octanol–water partition coefficient (Wildman–Crippen LogP) is 4.94. The molecular formula is C20H19BrN4OS. The number of hydrogen-bond donors (Lipinski definition) is 1. The molecule has 1 unspecified atom stereocenters. The number of carbonyl (C=O) groups excluding carboxylic acids is 1. The van der Waals surface area contributed by atoms with Crippen molar-refractivity contribution in [2.24, 2.45) is 5.92 Å². The van der Waals surface area contributed by atoms with Crippen molar-refractivity contribution in [2.45, 2.75) is 32.2 Å². The van der Waals surface area contributed by atoms with Gasteiger partial charge in [0, 0.05) is 16.9 Å². The second-order valence-electron chi connectivity index (χ2n) is 6.70. The molecule has 1 aliphatic rings. The zero-order chi connectivity index (χ0) is 18.8. The maximum atomic E-state index is 13.0. The molecule has 1 aliphatic carbocycles. The van der Waals surface area contributed by atoms with E-state index in [9.17, 15) is 4.79 Å². The molecule has 1 saturated carbocycles. The third kappa shape index (κ3) is 3.94. The molecule has 0 radical (unpaired) electrons. The highest BCUT2D eigenvalue weighted by Gasteiger charge is 2.31. The average Bonchev–Trinajstić information content (AvgIpc) is 3.03. The summed E-state index contributed by atoms with van der Waals surface area (Å²) in [6, 6.07) is 9.99. The van der Waals surface area contributed by atoms with E-state index < -0.39 is 0 Å². The van der Waals surface area contributed by atoms with Crippen LogP contribution in [0.5, 0.6) is 0 Å². The number of rotatable bonds is 5. The summed E-state index contributed by atoms with van der Waals surface area (Å²) in [7, 11) is 0.